The fourth-order valence-corrected chi connectivity index (χ4v) is 1.48. The van der Waals surface area contributed by atoms with Crippen LogP contribution in [0.25, 0.3) is 0 Å². The first-order chi connectivity index (χ1) is 5.25. The molecule has 1 fully saturated rings. The van der Waals surface area contributed by atoms with Gasteiger partial charge in [0, 0.05) is 18.6 Å². The van der Waals surface area contributed by atoms with Crippen LogP contribution in [-0.4, -0.2) is 48.8 Å². The predicted molar refractivity (Wildman–Crippen MR) is 45.6 cm³/mol. The molecule has 2 unspecified atom stereocenters. The Morgan fingerprint density at radius 1 is 1.73 bits per heavy atom. The van der Waals surface area contributed by atoms with Crippen molar-refractivity contribution in [1.82, 2.24) is 10.2 Å². The van der Waals surface area contributed by atoms with Crippen LogP contribution in [0.15, 0.2) is 0 Å². The molecule has 0 amide bonds. The number of likely N-dealkylation sites (N-methyl/N-ethyl adjacent to an activating group) is 1. The van der Waals surface area contributed by atoms with Crippen LogP contribution in [0, 0.1) is 0 Å². The summed E-state index contributed by atoms with van der Waals surface area (Å²) in [4.78, 5) is 2.25. The molecule has 0 aromatic rings. The van der Waals surface area contributed by atoms with Gasteiger partial charge < -0.3 is 10.4 Å². The van der Waals surface area contributed by atoms with E-state index in [0.717, 1.165) is 13.1 Å². The quantitative estimate of drug-likeness (QED) is 0.590. The summed E-state index contributed by atoms with van der Waals surface area (Å²) in [6.07, 6.45) is 1.21. The highest BCUT2D eigenvalue weighted by molar-refractivity contribution is 4.81. The summed E-state index contributed by atoms with van der Waals surface area (Å²) < 4.78 is 0. The highest BCUT2D eigenvalue weighted by Crippen LogP contribution is 2.08. The Morgan fingerprint density at radius 2 is 2.45 bits per heavy atom. The largest absolute Gasteiger partial charge is 0.395 e. The first-order valence-electron chi connectivity index (χ1n) is 4.29. The zero-order valence-corrected chi connectivity index (χ0v) is 7.38. The van der Waals surface area contributed by atoms with Crippen LogP contribution in [0.1, 0.15) is 13.3 Å². The summed E-state index contributed by atoms with van der Waals surface area (Å²) in [6, 6.07) is 0.914. The van der Waals surface area contributed by atoms with Gasteiger partial charge in [0.15, 0.2) is 0 Å². The zero-order valence-electron chi connectivity index (χ0n) is 7.38. The van der Waals surface area contributed by atoms with Crippen molar-refractivity contribution < 1.29 is 5.11 Å². The number of hydrogen-bond acceptors (Lipinski definition) is 3. The van der Waals surface area contributed by atoms with E-state index in [2.05, 4.69) is 24.2 Å². The monoisotopic (exact) mass is 158 g/mol. The maximum absolute atomic E-state index is 8.90. The van der Waals surface area contributed by atoms with Crippen LogP contribution in [0.3, 0.4) is 0 Å². The van der Waals surface area contributed by atoms with Crippen LogP contribution in [0.2, 0.25) is 0 Å². The summed E-state index contributed by atoms with van der Waals surface area (Å²) in [5, 5.41) is 12.2. The summed E-state index contributed by atoms with van der Waals surface area (Å²) >= 11 is 0. The van der Waals surface area contributed by atoms with E-state index in [0.29, 0.717) is 12.1 Å². The molecule has 1 aliphatic heterocycles. The van der Waals surface area contributed by atoms with Gasteiger partial charge >= 0.3 is 0 Å². The van der Waals surface area contributed by atoms with E-state index < -0.39 is 0 Å². The summed E-state index contributed by atoms with van der Waals surface area (Å²) in [6.45, 7) is 4.50. The second-order valence-electron chi connectivity index (χ2n) is 3.34. The molecule has 1 rings (SSSR count). The molecule has 1 aliphatic rings. The molecule has 3 heteroatoms. The fourth-order valence-electron chi connectivity index (χ4n) is 1.48. The van der Waals surface area contributed by atoms with Gasteiger partial charge in [0.2, 0.25) is 0 Å². The molecule has 3 nitrogen and oxygen atoms in total. The molecule has 0 saturated carbocycles. The zero-order chi connectivity index (χ0) is 8.27. The maximum atomic E-state index is 8.90. The predicted octanol–water partition coefficient (Wildman–Crippen LogP) is -0.339. The summed E-state index contributed by atoms with van der Waals surface area (Å²) in [5.41, 5.74) is 0. The van der Waals surface area contributed by atoms with Gasteiger partial charge in [-0.05, 0) is 26.9 Å². The van der Waals surface area contributed by atoms with Crippen molar-refractivity contribution in [3.05, 3.63) is 0 Å². The van der Waals surface area contributed by atoms with Gasteiger partial charge in [-0.25, -0.2) is 0 Å². The summed E-state index contributed by atoms with van der Waals surface area (Å²) in [7, 11) is 2.08. The third-order valence-electron chi connectivity index (χ3n) is 2.57. The number of aliphatic hydroxyl groups excluding tert-OH is 1. The SMILES string of the molecule is CC(CO)N(C)C1CCNC1. The first-order valence-corrected chi connectivity index (χ1v) is 4.29. The molecule has 0 radical (unpaired) electrons. The highest BCUT2D eigenvalue weighted by Gasteiger charge is 2.21. The lowest BCUT2D eigenvalue weighted by atomic mass is 10.2. The lowest BCUT2D eigenvalue weighted by Gasteiger charge is -2.28. The molecule has 0 aromatic heterocycles. The molecule has 66 valence electrons. The van der Waals surface area contributed by atoms with E-state index >= 15 is 0 Å². The van der Waals surface area contributed by atoms with Gasteiger partial charge in [0.25, 0.3) is 0 Å². The minimum Gasteiger partial charge on any atom is -0.395 e. The Kier molecular flexibility index (Phi) is 3.30. The lowest BCUT2D eigenvalue weighted by molar-refractivity contribution is 0.127. The van der Waals surface area contributed by atoms with E-state index in [1.165, 1.54) is 6.42 Å². The highest BCUT2D eigenvalue weighted by atomic mass is 16.3. The number of nitrogens with zero attached hydrogens (tertiary/aromatic N) is 1. The van der Waals surface area contributed by atoms with Crippen LogP contribution in [-0.2, 0) is 0 Å². The third kappa shape index (κ3) is 2.15. The van der Waals surface area contributed by atoms with Gasteiger partial charge in [-0.15, -0.1) is 0 Å². The lowest BCUT2D eigenvalue weighted by Crippen LogP contribution is -2.41. The topological polar surface area (TPSA) is 35.5 Å². The summed E-state index contributed by atoms with van der Waals surface area (Å²) in [5.74, 6) is 0. The average Bonchev–Trinajstić information content (AvgIpc) is 2.53. The maximum Gasteiger partial charge on any atom is 0.0584 e. The Hall–Kier alpha value is -0.120. The Bertz CT molecular complexity index is 113. The van der Waals surface area contributed by atoms with E-state index in [4.69, 9.17) is 5.11 Å². The fraction of sp³-hybridized carbons (Fsp3) is 1.00. The molecule has 2 N–H and O–H groups in total. The van der Waals surface area contributed by atoms with Crippen molar-refractivity contribution in [1.29, 1.82) is 0 Å². The number of aliphatic hydroxyl groups is 1. The van der Waals surface area contributed by atoms with Crippen molar-refractivity contribution in [2.24, 2.45) is 0 Å². The molecular weight excluding hydrogens is 140 g/mol. The second kappa shape index (κ2) is 4.04. The molecule has 0 aromatic carbocycles. The van der Waals surface area contributed by atoms with Gasteiger partial charge in [0.1, 0.15) is 0 Å². The van der Waals surface area contributed by atoms with Crippen molar-refractivity contribution in [2.45, 2.75) is 25.4 Å². The van der Waals surface area contributed by atoms with Crippen molar-refractivity contribution in [3.63, 3.8) is 0 Å². The van der Waals surface area contributed by atoms with Gasteiger partial charge in [-0.1, -0.05) is 0 Å². The Morgan fingerprint density at radius 3 is 2.91 bits per heavy atom. The van der Waals surface area contributed by atoms with Gasteiger partial charge in [-0.2, -0.15) is 0 Å². The molecule has 1 heterocycles. The average molecular weight is 158 g/mol. The van der Waals surface area contributed by atoms with Gasteiger partial charge in [0.05, 0.1) is 6.61 Å². The van der Waals surface area contributed by atoms with E-state index in [9.17, 15) is 0 Å². The normalized spacial score (nSPS) is 27.8. The van der Waals surface area contributed by atoms with Crippen LogP contribution >= 0.6 is 0 Å². The number of nitrogens with one attached hydrogen (secondary N) is 1. The van der Waals surface area contributed by atoms with E-state index in [1.54, 1.807) is 0 Å². The minimum atomic E-state index is 0.257. The molecule has 0 spiro atoms. The van der Waals surface area contributed by atoms with Crippen molar-refractivity contribution >= 4 is 0 Å². The van der Waals surface area contributed by atoms with Crippen LogP contribution in [0.4, 0.5) is 0 Å². The standard InChI is InChI=1S/C8H18N2O/c1-7(6-11)10(2)8-3-4-9-5-8/h7-9,11H,3-6H2,1-2H3. The van der Waals surface area contributed by atoms with E-state index in [-0.39, 0.29) is 6.61 Å². The third-order valence-corrected chi connectivity index (χ3v) is 2.57. The number of hydrogen-bond donors (Lipinski definition) is 2. The molecule has 0 aliphatic carbocycles. The Balaban J connectivity index is 2.32. The van der Waals surface area contributed by atoms with Gasteiger partial charge in [-0.3, -0.25) is 4.90 Å². The smallest absolute Gasteiger partial charge is 0.0584 e. The molecule has 2 atom stereocenters. The Labute approximate surface area is 68.4 Å². The molecular formula is C8H18N2O. The minimum absolute atomic E-state index is 0.257. The van der Waals surface area contributed by atoms with E-state index in [1.807, 2.05) is 0 Å². The number of rotatable bonds is 3. The van der Waals surface area contributed by atoms with Crippen molar-refractivity contribution in [3.8, 4) is 0 Å². The van der Waals surface area contributed by atoms with Crippen LogP contribution < -0.4 is 5.32 Å². The first kappa shape index (κ1) is 8.97. The van der Waals surface area contributed by atoms with Crippen LogP contribution in [0.5, 0.6) is 0 Å². The molecule has 0 bridgehead atoms. The van der Waals surface area contributed by atoms with Crippen molar-refractivity contribution in [2.75, 3.05) is 26.7 Å². The molecule has 1 saturated heterocycles. The molecule has 11 heavy (non-hydrogen) atoms. The second-order valence-corrected chi connectivity index (χ2v) is 3.34.